The molecule has 0 saturated heterocycles. The van der Waals surface area contributed by atoms with Gasteiger partial charge in [0, 0.05) is 6.54 Å². The third kappa shape index (κ3) is 4.98. The first-order chi connectivity index (χ1) is 14.7. The Hall–Kier alpha value is -3.34. The van der Waals surface area contributed by atoms with Crippen molar-refractivity contribution in [2.45, 2.75) is 12.3 Å². The Kier molecular flexibility index (Phi) is 6.28. The van der Waals surface area contributed by atoms with E-state index in [2.05, 4.69) is 15.3 Å². The minimum absolute atomic E-state index is 0.461. The minimum Gasteiger partial charge on any atom is -0.415 e. The van der Waals surface area contributed by atoms with Crippen molar-refractivity contribution in [1.29, 1.82) is 0 Å². The van der Waals surface area contributed by atoms with Crippen LogP contribution in [-0.2, 0) is 11.1 Å². The number of aromatic amines is 1. The van der Waals surface area contributed by atoms with Gasteiger partial charge >= 0.3 is 7.60 Å². The van der Waals surface area contributed by atoms with Crippen molar-refractivity contribution in [3.8, 4) is 11.5 Å². The highest BCUT2D eigenvalue weighted by Gasteiger charge is 2.41. The maximum absolute atomic E-state index is 14.2. The molecule has 0 aliphatic heterocycles. The van der Waals surface area contributed by atoms with Crippen LogP contribution in [0.25, 0.3) is 0 Å². The molecule has 1 aromatic heterocycles. The Morgan fingerprint density at radius 2 is 1.37 bits per heavy atom. The van der Waals surface area contributed by atoms with E-state index in [0.717, 1.165) is 5.56 Å². The second kappa shape index (κ2) is 9.44. The fourth-order valence-electron chi connectivity index (χ4n) is 3.00. The van der Waals surface area contributed by atoms with E-state index in [1.165, 1.54) is 0 Å². The number of benzene rings is 3. The van der Waals surface area contributed by atoms with Crippen LogP contribution < -0.4 is 14.4 Å². The topological polar surface area (TPSA) is 76.2 Å². The lowest BCUT2D eigenvalue weighted by Crippen LogP contribution is -2.25. The quantitative estimate of drug-likeness (QED) is 0.348. The van der Waals surface area contributed by atoms with Crippen molar-refractivity contribution in [2.75, 3.05) is 0 Å². The molecule has 152 valence electrons. The fraction of sp³-hybridized carbons (Fsp3) is 0.0870. The monoisotopic (exact) mass is 419 g/mol. The molecule has 0 spiro atoms. The number of H-pyrrole nitrogens is 1. The van der Waals surface area contributed by atoms with Crippen LogP contribution in [-0.4, -0.2) is 9.97 Å². The zero-order chi connectivity index (χ0) is 20.7. The molecule has 6 nitrogen and oxygen atoms in total. The molecule has 4 rings (SSSR count). The van der Waals surface area contributed by atoms with Crippen molar-refractivity contribution in [3.05, 3.63) is 115 Å². The van der Waals surface area contributed by atoms with E-state index in [9.17, 15) is 4.57 Å². The first-order valence-electron chi connectivity index (χ1n) is 9.57. The normalized spacial score (nSPS) is 12.3. The van der Waals surface area contributed by atoms with Gasteiger partial charge in [0.05, 0.1) is 18.2 Å². The van der Waals surface area contributed by atoms with Gasteiger partial charge in [-0.15, -0.1) is 0 Å². The van der Waals surface area contributed by atoms with Crippen molar-refractivity contribution in [1.82, 2.24) is 15.3 Å². The molecule has 0 aliphatic rings. The number of imidazole rings is 1. The number of nitrogens with one attached hydrogen (secondary N) is 2. The molecule has 1 unspecified atom stereocenters. The molecule has 0 bridgehead atoms. The first kappa shape index (κ1) is 20.0. The average molecular weight is 419 g/mol. The summed E-state index contributed by atoms with van der Waals surface area (Å²) in [5, 5.41) is 3.34. The standard InChI is InChI=1S/C23H22N3O3P/c27-30(28-20-12-6-2-7-13-20,29-21-14-8-3-9-15-21)23(22-17-24-18-26-22)25-16-19-10-4-1-5-11-19/h1-15,17-18,23,25H,16H2,(H,24,26). The first-order valence-corrected chi connectivity index (χ1v) is 11.2. The summed E-state index contributed by atoms with van der Waals surface area (Å²) in [6.07, 6.45) is 3.17. The van der Waals surface area contributed by atoms with Gasteiger partial charge in [-0.1, -0.05) is 66.7 Å². The summed E-state index contributed by atoms with van der Waals surface area (Å²) in [5.41, 5.74) is 1.66. The summed E-state index contributed by atoms with van der Waals surface area (Å²) in [5.74, 6) is 0.159. The van der Waals surface area contributed by atoms with Crippen molar-refractivity contribution in [3.63, 3.8) is 0 Å². The fourth-order valence-corrected chi connectivity index (χ4v) is 4.88. The van der Waals surface area contributed by atoms with Crippen molar-refractivity contribution in [2.24, 2.45) is 0 Å². The Morgan fingerprint density at radius 3 is 1.87 bits per heavy atom. The smallest absolute Gasteiger partial charge is 0.415 e. The summed E-state index contributed by atoms with van der Waals surface area (Å²) in [6, 6.07) is 27.9. The maximum atomic E-state index is 14.2. The third-order valence-corrected chi connectivity index (χ3v) is 6.45. The van der Waals surface area contributed by atoms with Crippen LogP contribution in [0.15, 0.2) is 104 Å². The maximum Gasteiger partial charge on any atom is 0.453 e. The van der Waals surface area contributed by atoms with Gasteiger partial charge in [0.2, 0.25) is 0 Å². The van der Waals surface area contributed by atoms with E-state index in [1.807, 2.05) is 66.7 Å². The van der Waals surface area contributed by atoms with Gasteiger partial charge in [-0.05, 0) is 29.8 Å². The molecular weight excluding hydrogens is 397 g/mol. The van der Waals surface area contributed by atoms with Crippen LogP contribution >= 0.6 is 7.60 Å². The third-order valence-electron chi connectivity index (χ3n) is 4.42. The Bertz CT molecular complexity index is 1030. The van der Waals surface area contributed by atoms with Crippen LogP contribution in [0.4, 0.5) is 0 Å². The SMILES string of the molecule is O=P(Oc1ccccc1)(Oc1ccccc1)C(NCc1ccccc1)c1cnc[nH]1. The Balaban J connectivity index is 1.69. The van der Waals surface area contributed by atoms with E-state index in [0.29, 0.717) is 23.7 Å². The summed E-state index contributed by atoms with van der Waals surface area (Å²) in [7, 11) is -3.78. The molecule has 0 fully saturated rings. The predicted octanol–water partition coefficient (Wildman–Crippen LogP) is 5.55. The van der Waals surface area contributed by atoms with Crippen molar-refractivity contribution < 1.29 is 13.6 Å². The van der Waals surface area contributed by atoms with Gasteiger partial charge < -0.3 is 14.0 Å². The highest BCUT2D eigenvalue weighted by atomic mass is 31.2. The molecule has 0 radical (unpaired) electrons. The van der Waals surface area contributed by atoms with E-state index in [-0.39, 0.29) is 0 Å². The molecule has 2 N–H and O–H groups in total. The largest absolute Gasteiger partial charge is 0.453 e. The molecule has 1 atom stereocenters. The lowest BCUT2D eigenvalue weighted by Gasteiger charge is -2.27. The Labute approximate surface area is 175 Å². The molecule has 0 amide bonds. The summed E-state index contributed by atoms with van der Waals surface area (Å²) in [6.45, 7) is 0.477. The number of aromatic nitrogens is 2. The van der Waals surface area contributed by atoms with Gasteiger partial charge in [0.15, 0.2) is 5.78 Å². The van der Waals surface area contributed by atoms with Crippen LogP contribution in [0.1, 0.15) is 17.0 Å². The second-order valence-corrected chi connectivity index (χ2v) is 8.59. The number of nitrogens with zero attached hydrogens (tertiary/aromatic N) is 1. The molecule has 7 heteroatoms. The molecule has 0 saturated carbocycles. The minimum atomic E-state index is -3.78. The lowest BCUT2D eigenvalue weighted by molar-refractivity contribution is 0.359. The van der Waals surface area contributed by atoms with E-state index < -0.39 is 13.4 Å². The van der Waals surface area contributed by atoms with Gasteiger partial charge in [0.1, 0.15) is 11.5 Å². The summed E-state index contributed by atoms with van der Waals surface area (Å²) < 4.78 is 26.2. The summed E-state index contributed by atoms with van der Waals surface area (Å²) in [4.78, 5) is 7.14. The average Bonchev–Trinajstić information content (AvgIpc) is 3.30. The van der Waals surface area contributed by atoms with Crippen LogP contribution in [0, 0.1) is 0 Å². The molecule has 1 heterocycles. The lowest BCUT2D eigenvalue weighted by atomic mass is 10.2. The van der Waals surface area contributed by atoms with Crippen molar-refractivity contribution >= 4 is 7.60 Å². The molecule has 4 aromatic rings. The zero-order valence-corrected chi connectivity index (χ0v) is 17.1. The second-order valence-electron chi connectivity index (χ2n) is 6.62. The van der Waals surface area contributed by atoms with Crippen LogP contribution in [0.5, 0.6) is 11.5 Å². The number of rotatable bonds is 9. The van der Waals surface area contributed by atoms with Gasteiger partial charge in [0.25, 0.3) is 0 Å². The molecule has 3 aromatic carbocycles. The van der Waals surface area contributed by atoms with E-state index in [4.69, 9.17) is 9.05 Å². The highest BCUT2D eigenvalue weighted by molar-refractivity contribution is 7.55. The predicted molar refractivity (Wildman–Crippen MR) is 116 cm³/mol. The van der Waals surface area contributed by atoms with Gasteiger partial charge in [-0.25, -0.2) is 9.55 Å². The van der Waals surface area contributed by atoms with Crippen LogP contribution in [0.3, 0.4) is 0 Å². The van der Waals surface area contributed by atoms with Gasteiger partial charge in [-0.3, -0.25) is 5.32 Å². The summed E-state index contributed by atoms with van der Waals surface area (Å²) >= 11 is 0. The number of hydrogen-bond donors (Lipinski definition) is 2. The Morgan fingerprint density at radius 1 is 0.833 bits per heavy atom. The molecule has 0 aliphatic carbocycles. The molecular formula is C23H22N3O3P. The molecule has 30 heavy (non-hydrogen) atoms. The number of para-hydroxylation sites is 2. The van der Waals surface area contributed by atoms with Gasteiger partial charge in [-0.2, -0.15) is 0 Å². The van der Waals surface area contributed by atoms with Crippen LogP contribution in [0.2, 0.25) is 0 Å². The van der Waals surface area contributed by atoms with E-state index >= 15 is 0 Å². The number of hydrogen-bond acceptors (Lipinski definition) is 5. The zero-order valence-electron chi connectivity index (χ0n) is 16.2. The van der Waals surface area contributed by atoms with E-state index in [1.54, 1.807) is 36.8 Å². The highest BCUT2D eigenvalue weighted by Crippen LogP contribution is 2.58.